The molecule has 0 fully saturated rings. The van der Waals surface area contributed by atoms with Crippen LogP contribution in [0.15, 0.2) is 36.4 Å². The molecule has 0 spiro atoms. The number of nitro groups is 1. The van der Waals surface area contributed by atoms with Crippen LogP contribution < -0.4 is 5.32 Å². The van der Waals surface area contributed by atoms with Crippen LogP contribution in [0.5, 0.6) is 0 Å². The van der Waals surface area contributed by atoms with E-state index in [2.05, 4.69) is 5.32 Å². The zero-order valence-electron chi connectivity index (χ0n) is 11.6. The summed E-state index contributed by atoms with van der Waals surface area (Å²) in [5.74, 6) is -1.33. The fraction of sp³-hybridized carbons (Fsp3) is 0.133. The number of benzene rings is 2. The first kappa shape index (κ1) is 14.5. The quantitative estimate of drug-likeness (QED) is 0.661. The van der Waals surface area contributed by atoms with Crippen LogP contribution in [0.4, 0.5) is 17.1 Å². The Balaban J connectivity index is 2.44. The van der Waals surface area contributed by atoms with Gasteiger partial charge in [-0.15, -0.1) is 0 Å². The first-order chi connectivity index (χ1) is 9.90. The molecule has 0 bridgehead atoms. The highest BCUT2D eigenvalue weighted by molar-refractivity contribution is 5.94. The number of para-hydroxylation sites is 1. The molecule has 108 valence electrons. The number of aryl methyl sites for hydroxylation is 2. The van der Waals surface area contributed by atoms with E-state index in [0.717, 1.165) is 16.8 Å². The van der Waals surface area contributed by atoms with Gasteiger partial charge >= 0.3 is 5.97 Å². The summed E-state index contributed by atoms with van der Waals surface area (Å²) in [5, 5.41) is 23.0. The lowest BCUT2D eigenvalue weighted by atomic mass is 10.1. The minimum Gasteiger partial charge on any atom is -0.477 e. The number of carbonyl (C=O) groups is 1. The van der Waals surface area contributed by atoms with Gasteiger partial charge in [0.2, 0.25) is 0 Å². The molecule has 6 nitrogen and oxygen atoms in total. The van der Waals surface area contributed by atoms with Crippen molar-refractivity contribution in [2.24, 2.45) is 0 Å². The van der Waals surface area contributed by atoms with Crippen LogP contribution in [-0.2, 0) is 0 Å². The minimum absolute atomic E-state index is 0.337. The van der Waals surface area contributed by atoms with Crippen molar-refractivity contribution in [2.75, 3.05) is 5.32 Å². The van der Waals surface area contributed by atoms with Gasteiger partial charge in [0.25, 0.3) is 5.69 Å². The molecule has 0 radical (unpaired) electrons. The number of hydrogen-bond donors (Lipinski definition) is 2. The van der Waals surface area contributed by atoms with Crippen LogP contribution in [0, 0.1) is 24.0 Å². The van der Waals surface area contributed by atoms with Gasteiger partial charge in [0, 0.05) is 17.4 Å². The highest BCUT2D eigenvalue weighted by Gasteiger charge is 2.20. The van der Waals surface area contributed by atoms with E-state index in [-0.39, 0.29) is 5.56 Å². The summed E-state index contributed by atoms with van der Waals surface area (Å²) in [4.78, 5) is 21.3. The van der Waals surface area contributed by atoms with Gasteiger partial charge in [-0.1, -0.05) is 18.2 Å². The Morgan fingerprint density at radius 2 is 1.81 bits per heavy atom. The minimum atomic E-state index is -1.33. The molecule has 0 aliphatic heterocycles. The molecular formula is C15H14N2O4. The molecule has 0 atom stereocenters. The van der Waals surface area contributed by atoms with Crippen LogP contribution >= 0.6 is 0 Å². The molecule has 0 saturated carbocycles. The average Bonchev–Trinajstić information content (AvgIpc) is 2.42. The predicted molar refractivity (Wildman–Crippen MR) is 79.3 cm³/mol. The third kappa shape index (κ3) is 3.00. The van der Waals surface area contributed by atoms with E-state index >= 15 is 0 Å². The highest BCUT2D eigenvalue weighted by atomic mass is 16.6. The highest BCUT2D eigenvalue weighted by Crippen LogP contribution is 2.28. The molecular weight excluding hydrogens is 272 g/mol. The van der Waals surface area contributed by atoms with Gasteiger partial charge in [-0.3, -0.25) is 10.1 Å². The zero-order valence-corrected chi connectivity index (χ0v) is 11.6. The van der Waals surface area contributed by atoms with Crippen molar-refractivity contribution < 1.29 is 14.8 Å². The molecule has 21 heavy (non-hydrogen) atoms. The van der Waals surface area contributed by atoms with Gasteiger partial charge in [0.1, 0.15) is 5.56 Å². The maximum atomic E-state index is 11.1. The second kappa shape index (κ2) is 5.62. The van der Waals surface area contributed by atoms with Gasteiger partial charge < -0.3 is 10.4 Å². The number of hydrogen-bond acceptors (Lipinski definition) is 4. The molecule has 2 aromatic carbocycles. The third-order valence-electron chi connectivity index (χ3n) is 3.17. The van der Waals surface area contributed by atoms with Gasteiger partial charge in [0.15, 0.2) is 0 Å². The van der Waals surface area contributed by atoms with Gasteiger partial charge in [-0.2, -0.15) is 0 Å². The summed E-state index contributed by atoms with van der Waals surface area (Å²) in [6.07, 6.45) is 0. The molecule has 2 aromatic rings. The van der Waals surface area contributed by atoms with Crippen LogP contribution in [0.3, 0.4) is 0 Å². The molecule has 6 heteroatoms. The van der Waals surface area contributed by atoms with E-state index in [1.54, 1.807) is 0 Å². The molecule has 0 saturated heterocycles. The largest absolute Gasteiger partial charge is 0.477 e. The monoisotopic (exact) mass is 286 g/mol. The van der Waals surface area contributed by atoms with Crippen LogP contribution in [-0.4, -0.2) is 16.0 Å². The third-order valence-corrected chi connectivity index (χ3v) is 3.17. The molecule has 0 unspecified atom stereocenters. The number of aromatic carboxylic acids is 1. The summed E-state index contributed by atoms with van der Waals surface area (Å²) >= 11 is 0. The summed E-state index contributed by atoms with van der Waals surface area (Å²) in [7, 11) is 0. The normalized spacial score (nSPS) is 10.2. The van der Waals surface area contributed by atoms with Gasteiger partial charge in [0.05, 0.1) is 4.92 Å². The topological polar surface area (TPSA) is 92.5 Å². The molecule has 2 N–H and O–H groups in total. The number of anilines is 2. The Bertz CT molecular complexity index is 705. The van der Waals surface area contributed by atoms with E-state index in [1.807, 2.05) is 32.0 Å². The Labute approximate surface area is 121 Å². The van der Waals surface area contributed by atoms with Crippen molar-refractivity contribution in [1.29, 1.82) is 0 Å². The number of rotatable bonds is 4. The van der Waals surface area contributed by atoms with E-state index in [9.17, 15) is 14.9 Å². The Morgan fingerprint density at radius 1 is 1.19 bits per heavy atom. The van der Waals surface area contributed by atoms with E-state index < -0.39 is 16.6 Å². The summed E-state index contributed by atoms with van der Waals surface area (Å²) in [6, 6.07) is 9.74. The molecule has 0 aliphatic carbocycles. The molecule has 0 aromatic heterocycles. The van der Waals surface area contributed by atoms with Crippen molar-refractivity contribution in [3.8, 4) is 0 Å². The fourth-order valence-corrected chi connectivity index (χ4v) is 2.10. The lowest BCUT2D eigenvalue weighted by Gasteiger charge is -2.13. The number of carboxylic acid groups (broad SMARTS) is 1. The number of nitro benzene ring substituents is 1. The maximum Gasteiger partial charge on any atom is 0.342 e. The zero-order chi connectivity index (χ0) is 15.6. The van der Waals surface area contributed by atoms with Crippen molar-refractivity contribution in [2.45, 2.75) is 13.8 Å². The van der Waals surface area contributed by atoms with Crippen LogP contribution in [0.25, 0.3) is 0 Å². The van der Waals surface area contributed by atoms with E-state index in [0.29, 0.717) is 5.69 Å². The summed E-state index contributed by atoms with van der Waals surface area (Å²) in [6.45, 7) is 3.86. The maximum absolute atomic E-state index is 11.1. The SMILES string of the molecule is Cc1cccc(C)c1Nc1ccc([N+](=O)[O-])c(C(=O)O)c1. The average molecular weight is 286 g/mol. The summed E-state index contributed by atoms with van der Waals surface area (Å²) in [5.41, 5.74) is 2.61. The van der Waals surface area contributed by atoms with Crippen molar-refractivity contribution in [3.63, 3.8) is 0 Å². The fourth-order valence-electron chi connectivity index (χ4n) is 2.10. The van der Waals surface area contributed by atoms with Gasteiger partial charge in [-0.25, -0.2) is 4.79 Å². The van der Waals surface area contributed by atoms with Crippen LogP contribution in [0.2, 0.25) is 0 Å². The molecule has 0 aliphatic rings. The number of nitrogens with one attached hydrogen (secondary N) is 1. The first-order valence-electron chi connectivity index (χ1n) is 6.25. The second-order valence-electron chi connectivity index (χ2n) is 4.69. The lowest BCUT2D eigenvalue weighted by Crippen LogP contribution is -2.04. The number of nitrogens with zero attached hydrogens (tertiary/aromatic N) is 1. The van der Waals surface area contributed by atoms with Crippen molar-refractivity contribution in [3.05, 3.63) is 63.2 Å². The number of carboxylic acids is 1. The molecule has 2 rings (SSSR count). The Hall–Kier alpha value is -2.89. The Kier molecular flexibility index (Phi) is 3.89. The van der Waals surface area contributed by atoms with Gasteiger partial charge in [-0.05, 0) is 37.1 Å². The Morgan fingerprint density at radius 3 is 2.33 bits per heavy atom. The van der Waals surface area contributed by atoms with Crippen molar-refractivity contribution >= 4 is 23.0 Å². The van der Waals surface area contributed by atoms with Crippen molar-refractivity contribution in [1.82, 2.24) is 0 Å². The molecule has 0 heterocycles. The smallest absolute Gasteiger partial charge is 0.342 e. The molecule has 0 amide bonds. The standard InChI is InChI=1S/C15H14N2O4/c1-9-4-3-5-10(2)14(9)16-11-6-7-13(17(20)21)12(8-11)15(18)19/h3-8,16H,1-2H3,(H,18,19). The van der Waals surface area contributed by atoms with E-state index in [4.69, 9.17) is 5.11 Å². The summed E-state index contributed by atoms with van der Waals surface area (Å²) < 4.78 is 0. The van der Waals surface area contributed by atoms with E-state index in [1.165, 1.54) is 18.2 Å². The lowest BCUT2D eigenvalue weighted by molar-refractivity contribution is -0.385. The predicted octanol–water partition coefficient (Wildman–Crippen LogP) is 3.65. The van der Waals surface area contributed by atoms with Crippen LogP contribution in [0.1, 0.15) is 21.5 Å². The second-order valence-corrected chi connectivity index (χ2v) is 4.69. The first-order valence-corrected chi connectivity index (χ1v) is 6.25.